The molecule has 0 bridgehead atoms. The van der Waals surface area contributed by atoms with Gasteiger partial charge in [-0.2, -0.15) is 0 Å². The number of allylic oxidation sites excluding steroid dienone is 2. The molecule has 1 aromatic heterocycles. The molecular formula is C30H46N2O2. The largest absolute Gasteiger partial charge is 0.490 e. The molecule has 0 saturated carbocycles. The van der Waals surface area contributed by atoms with Crippen LogP contribution in [0.2, 0.25) is 0 Å². The van der Waals surface area contributed by atoms with Gasteiger partial charge in [-0.25, -0.2) is 9.97 Å². The van der Waals surface area contributed by atoms with E-state index in [9.17, 15) is 0 Å². The average molecular weight is 467 g/mol. The highest BCUT2D eigenvalue weighted by Gasteiger charge is 2.03. The molecular weight excluding hydrogens is 420 g/mol. The highest BCUT2D eigenvalue weighted by Crippen LogP contribution is 2.18. The molecule has 0 radical (unpaired) electrons. The number of aromatic nitrogens is 2. The molecule has 0 fully saturated rings. The first kappa shape index (κ1) is 28.0. The summed E-state index contributed by atoms with van der Waals surface area (Å²) in [5.74, 6) is 1.50. The molecule has 1 heterocycles. The quantitative estimate of drug-likeness (QED) is 0.145. The standard InChI is InChI=1S/C30H46N2O2/c1-3-5-6-7-8-9-10-11-12-16-24-34-29-25-31-30(32-26-29)28-20-18-27(19-21-28)17-14-13-15-23-33-22-4-2/h8-9,18-21,25-26H,3-7,10-17,22-24H2,1-2H3/b9-8+. The Bertz CT molecular complexity index is 756. The number of ether oxygens (including phenoxy) is 2. The van der Waals surface area contributed by atoms with Crippen molar-refractivity contribution < 1.29 is 9.47 Å². The molecule has 0 unspecified atom stereocenters. The van der Waals surface area contributed by atoms with Crippen molar-refractivity contribution in [2.75, 3.05) is 19.8 Å². The van der Waals surface area contributed by atoms with Crippen LogP contribution < -0.4 is 4.74 Å². The third-order valence-corrected chi connectivity index (χ3v) is 5.87. The Labute approximate surface area is 208 Å². The molecule has 2 rings (SSSR count). The van der Waals surface area contributed by atoms with Crippen molar-refractivity contribution in [3.8, 4) is 17.1 Å². The summed E-state index contributed by atoms with van der Waals surface area (Å²) in [6.07, 6.45) is 23.9. The topological polar surface area (TPSA) is 44.2 Å². The minimum atomic E-state index is 0.725. The maximum Gasteiger partial charge on any atom is 0.159 e. The highest BCUT2D eigenvalue weighted by molar-refractivity contribution is 5.55. The summed E-state index contributed by atoms with van der Waals surface area (Å²) < 4.78 is 11.4. The lowest BCUT2D eigenvalue weighted by Crippen LogP contribution is -1.99. The van der Waals surface area contributed by atoms with Gasteiger partial charge in [0.1, 0.15) is 0 Å². The Balaban J connectivity index is 1.58. The van der Waals surface area contributed by atoms with Crippen LogP contribution in [0.5, 0.6) is 5.75 Å². The number of unbranched alkanes of at least 4 members (excludes halogenated alkanes) is 8. The number of rotatable bonds is 20. The smallest absolute Gasteiger partial charge is 0.159 e. The van der Waals surface area contributed by atoms with Gasteiger partial charge in [-0.05, 0) is 69.8 Å². The number of nitrogens with zero attached hydrogens (tertiary/aromatic N) is 2. The van der Waals surface area contributed by atoms with E-state index >= 15 is 0 Å². The summed E-state index contributed by atoms with van der Waals surface area (Å²) in [6.45, 7) is 6.89. The molecule has 0 aliphatic carbocycles. The summed E-state index contributed by atoms with van der Waals surface area (Å²) in [5, 5.41) is 0. The summed E-state index contributed by atoms with van der Waals surface area (Å²) in [5.41, 5.74) is 2.41. The Morgan fingerprint density at radius 3 is 2.06 bits per heavy atom. The van der Waals surface area contributed by atoms with Gasteiger partial charge in [0.05, 0.1) is 19.0 Å². The Morgan fingerprint density at radius 2 is 1.35 bits per heavy atom. The number of benzene rings is 1. The van der Waals surface area contributed by atoms with E-state index in [0.717, 1.165) is 62.6 Å². The SMILES string of the molecule is CCCCC/C=C/CCCCCOc1cnc(-c2ccc(CCCCCOCCC)cc2)nc1. The molecule has 0 spiro atoms. The van der Waals surface area contributed by atoms with Gasteiger partial charge in [-0.15, -0.1) is 0 Å². The number of aryl methyl sites for hydroxylation is 1. The van der Waals surface area contributed by atoms with E-state index in [2.05, 4.69) is 60.2 Å². The first-order valence-corrected chi connectivity index (χ1v) is 13.6. The van der Waals surface area contributed by atoms with Crippen LogP contribution in [0.15, 0.2) is 48.8 Å². The lowest BCUT2D eigenvalue weighted by molar-refractivity contribution is 0.130. The first-order valence-electron chi connectivity index (χ1n) is 13.6. The summed E-state index contributed by atoms with van der Waals surface area (Å²) in [7, 11) is 0. The fourth-order valence-corrected chi connectivity index (χ4v) is 3.80. The predicted molar refractivity (Wildman–Crippen MR) is 143 cm³/mol. The van der Waals surface area contributed by atoms with Gasteiger partial charge < -0.3 is 9.47 Å². The molecule has 34 heavy (non-hydrogen) atoms. The molecule has 0 aliphatic rings. The van der Waals surface area contributed by atoms with Crippen molar-refractivity contribution in [1.82, 2.24) is 9.97 Å². The Morgan fingerprint density at radius 1 is 0.676 bits per heavy atom. The maximum atomic E-state index is 5.82. The molecule has 0 saturated heterocycles. The van der Waals surface area contributed by atoms with Gasteiger partial charge >= 0.3 is 0 Å². The molecule has 0 N–H and O–H groups in total. The lowest BCUT2D eigenvalue weighted by Gasteiger charge is -2.07. The third-order valence-electron chi connectivity index (χ3n) is 5.87. The zero-order valence-corrected chi connectivity index (χ0v) is 21.6. The third kappa shape index (κ3) is 12.9. The van der Waals surface area contributed by atoms with Crippen molar-refractivity contribution in [2.45, 2.75) is 97.3 Å². The molecule has 4 heteroatoms. The predicted octanol–water partition coefficient (Wildman–Crippen LogP) is 8.36. The van der Waals surface area contributed by atoms with Crippen LogP contribution in [0.3, 0.4) is 0 Å². The maximum absolute atomic E-state index is 5.82. The van der Waals surface area contributed by atoms with Crippen LogP contribution in [0, 0.1) is 0 Å². The van der Waals surface area contributed by atoms with Crippen LogP contribution >= 0.6 is 0 Å². The monoisotopic (exact) mass is 466 g/mol. The fraction of sp³-hybridized carbons (Fsp3) is 0.600. The minimum absolute atomic E-state index is 0.725. The zero-order valence-electron chi connectivity index (χ0n) is 21.6. The van der Waals surface area contributed by atoms with E-state index in [4.69, 9.17) is 9.47 Å². The molecule has 2 aromatic rings. The molecule has 0 atom stereocenters. The van der Waals surface area contributed by atoms with Crippen LogP contribution in [-0.4, -0.2) is 29.8 Å². The zero-order chi connectivity index (χ0) is 24.1. The second-order valence-corrected chi connectivity index (χ2v) is 9.03. The normalized spacial score (nSPS) is 11.4. The molecule has 188 valence electrons. The Kier molecular flexibility index (Phi) is 15.8. The van der Waals surface area contributed by atoms with Crippen molar-refractivity contribution in [3.63, 3.8) is 0 Å². The summed E-state index contributed by atoms with van der Waals surface area (Å²) in [6, 6.07) is 8.62. The van der Waals surface area contributed by atoms with E-state index in [1.807, 2.05) is 0 Å². The van der Waals surface area contributed by atoms with Crippen LogP contribution in [0.25, 0.3) is 11.4 Å². The van der Waals surface area contributed by atoms with Gasteiger partial charge in [0.2, 0.25) is 0 Å². The van der Waals surface area contributed by atoms with Gasteiger partial charge in [-0.3, -0.25) is 0 Å². The van der Waals surface area contributed by atoms with Gasteiger partial charge in [0.15, 0.2) is 11.6 Å². The highest BCUT2D eigenvalue weighted by atomic mass is 16.5. The minimum Gasteiger partial charge on any atom is -0.490 e. The fourth-order valence-electron chi connectivity index (χ4n) is 3.80. The van der Waals surface area contributed by atoms with E-state index in [0.29, 0.717) is 0 Å². The van der Waals surface area contributed by atoms with E-state index in [-0.39, 0.29) is 0 Å². The van der Waals surface area contributed by atoms with Gasteiger partial charge in [0, 0.05) is 18.8 Å². The van der Waals surface area contributed by atoms with Crippen LogP contribution in [-0.2, 0) is 11.2 Å². The van der Waals surface area contributed by atoms with Crippen molar-refractivity contribution >= 4 is 0 Å². The van der Waals surface area contributed by atoms with Crippen LogP contribution in [0.1, 0.15) is 96.5 Å². The first-order chi connectivity index (χ1) is 16.8. The lowest BCUT2D eigenvalue weighted by atomic mass is 10.0. The molecule has 0 amide bonds. The van der Waals surface area contributed by atoms with Crippen molar-refractivity contribution in [3.05, 3.63) is 54.4 Å². The summed E-state index contributed by atoms with van der Waals surface area (Å²) >= 11 is 0. The summed E-state index contributed by atoms with van der Waals surface area (Å²) in [4.78, 5) is 9.00. The average Bonchev–Trinajstić information content (AvgIpc) is 2.87. The second-order valence-electron chi connectivity index (χ2n) is 9.03. The van der Waals surface area contributed by atoms with Crippen molar-refractivity contribution in [2.24, 2.45) is 0 Å². The van der Waals surface area contributed by atoms with E-state index in [1.54, 1.807) is 12.4 Å². The Hall–Kier alpha value is -2.20. The number of hydrogen-bond donors (Lipinski definition) is 0. The van der Waals surface area contributed by atoms with E-state index < -0.39 is 0 Å². The number of hydrogen-bond acceptors (Lipinski definition) is 4. The van der Waals surface area contributed by atoms with Gasteiger partial charge in [-0.1, -0.05) is 69.5 Å². The van der Waals surface area contributed by atoms with Gasteiger partial charge in [0.25, 0.3) is 0 Å². The van der Waals surface area contributed by atoms with Crippen LogP contribution in [0.4, 0.5) is 0 Å². The molecule has 4 nitrogen and oxygen atoms in total. The second kappa shape index (κ2) is 19.1. The van der Waals surface area contributed by atoms with Crippen molar-refractivity contribution in [1.29, 1.82) is 0 Å². The molecule has 0 aliphatic heterocycles. The van der Waals surface area contributed by atoms with E-state index in [1.165, 1.54) is 63.4 Å². The molecule has 1 aromatic carbocycles.